The fourth-order valence-corrected chi connectivity index (χ4v) is 4.26. The number of benzene rings is 2. The highest BCUT2D eigenvalue weighted by Gasteiger charge is 2.27. The summed E-state index contributed by atoms with van der Waals surface area (Å²) in [6.45, 7) is 4.40. The Hall–Kier alpha value is -2.96. The van der Waals surface area contributed by atoms with E-state index in [-0.39, 0.29) is 6.04 Å². The molecule has 30 heavy (non-hydrogen) atoms. The van der Waals surface area contributed by atoms with Crippen LogP contribution >= 0.6 is 11.3 Å². The summed E-state index contributed by atoms with van der Waals surface area (Å²) in [5.74, 6) is 0.105. The highest BCUT2D eigenvalue weighted by Crippen LogP contribution is 2.30. The molecule has 156 valence electrons. The zero-order valence-electron chi connectivity index (χ0n) is 17.2. The van der Waals surface area contributed by atoms with Gasteiger partial charge in [-0.3, -0.25) is 15.4 Å². The van der Waals surface area contributed by atoms with E-state index >= 15 is 0 Å². The van der Waals surface area contributed by atoms with Gasteiger partial charge in [0.15, 0.2) is 0 Å². The van der Waals surface area contributed by atoms with Crippen molar-refractivity contribution in [1.29, 1.82) is 0 Å². The minimum Gasteiger partial charge on any atom is -0.351 e. The van der Waals surface area contributed by atoms with Crippen LogP contribution in [0.5, 0.6) is 0 Å². The lowest BCUT2D eigenvalue weighted by Gasteiger charge is -2.25. The number of nitrogens with one attached hydrogen (secondary N) is 2. The van der Waals surface area contributed by atoms with Gasteiger partial charge in [-0.15, -0.1) is 11.3 Å². The Morgan fingerprint density at radius 1 is 0.933 bits per heavy atom. The number of hydrogen-bond donors (Lipinski definition) is 3. The average Bonchev–Trinajstić information content (AvgIpc) is 3.24. The van der Waals surface area contributed by atoms with Crippen LogP contribution in [-0.2, 0) is 11.2 Å². The zero-order chi connectivity index (χ0) is 21.5. The number of primary amides is 1. The minimum atomic E-state index is -0.867. The number of amides is 3. The van der Waals surface area contributed by atoms with E-state index in [0.29, 0.717) is 5.92 Å². The molecule has 1 heterocycles. The zero-order valence-corrected chi connectivity index (χ0v) is 18.0. The van der Waals surface area contributed by atoms with Gasteiger partial charge < -0.3 is 5.73 Å². The standard InChI is InChI=1S/C24H27N3O2S/c1-16(2)15-17-10-12-19(13-11-17)21(20-9-6-14-30-20)26-22(23(28)27-24(25)29)18-7-4-3-5-8-18/h3-14,16,21-22,26H,15H2,1-2H3,(H3,25,27,28,29)/t21-,22+/m0/s1. The Labute approximate surface area is 181 Å². The van der Waals surface area contributed by atoms with Crippen molar-refractivity contribution in [3.05, 3.63) is 93.7 Å². The molecule has 2 aromatic carbocycles. The predicted octanol–water partition coefficient (Wildman–Crippen LogP) is 4.56. The van der Waals surface area contributed by atoms with Gasteiger partial charge in [-0.25, -0.2) is 4.79 Å². The van der Waals surface area contributed by atoms with Crippen molar-refractivity contribution < 1.29 is 9.59 Å². The van der Waals surface area contributed by atoms with Gasteiger partial charge in [-0.2, -0.15) is 0 Å². The smallest absolute Gasteiger partial charge is 0.318 e. The number of hydrogen-bond acceptors (Lipinski definition) is 4. The Kier molecular flexibility index (Phi) is 7.38. The molecule has 0 spiro atoms. The summed E-state index contributed by atoms with van der Waals surface area (Å²) in [6, 6.07) is 20.0. The normalized spacial score (nSPS) is 13.0. The Morgan fingerprint density at radius 3 is 2.20 bits per heavy atom. The van der Waals surface area contributed by atoms with Crippen molar-refractivity contribution in [2.24, 2.45) is 11.7 Å². The number of imide groups is 1. The maximum absolute atomic E-state index is 12.8. The third-order valence-electron chi connectivity index (χ3n) is 4.76. The molecule has 5 nitrogen and oxygen atoms in total. The molecular formula is C24H27N3O2S. The monoisotopic (exact) mass is 421 g/mol. The van der Waals surface area contributed by atoms with Crippen LogP contribution < -0.4 is 16.4 Å². The lowest BCUT2D eigenvalue weighted by molar-refractivity contribution is -0.122. The molecule has 3 aromatic rings. The van der Waals surface area contributed by atoms with Crippen molar-refractivity contribution in [2.75, 3.05) is 0 Å². The molecule has 0 saturated heterocycles. The van der Waals surface area contributed by atoms with E-state index in [2.05, 4.69) is 48.7 Å². The first kappa shape index (κ1) is 21.7. The van der Waals surface area contributed by atoms with E-state index in [9.17, 15) is 9.59 Å². The summed E-state index contributed by atoms with van der Waals surface area (Å²) < 4.78 is 0. The average molecular weight is 422 g/mol. The Balaban J connectivity index is 1.94. The topological polar surface area (TPSA) is 84.2 Å². The quantitative estimate of drug-likeness (QED) is 0.498. The molecule has 6 heteroatoms. The van der Waals surface area contributed by atoms with Crippen molar-refractivity contribution in [3.8, 4) is 0 Å². The van der Waals surface area contributed by atoms with Crippen LogP contribution in [-0.4, -0.2) is 11.9 Å². The van der Waals surface area contributed by atoms with Crippen LogP contribution in [0.25, 0.3) is 0 Å². The van der Waals surface area contributed by atoms with Gasteiger partial charge in [-0.05, 0) is 40.5 Å². The number of nitrogens with two attached hydrogens (primary N) is 1. The molecule has 2 atom stereocenters. The maximum atomic E-state index is 12.8. The molecule has 0 radical (unpaired) electrons. The van der Waals surface area contributed by atoms with Gasteiger partial charge in [0.1, 0.15) is 6.04 Å². The Morgan fingerprint density at radius 2 is 1.63 bits per heavy atom. The second-order valence-corrected chi connectivity index (χ2v) is 8.63. The van der Waals surface area contributed by atoms with Crippen molar-refractivity contribution >= 4 is 23.3 Å². The largest absolute Gasteiger partial charge is 0.351 e. The first-order valence-corrected chi connectivity index (χ1v) is 10.9. The molecule has 0 aliphatic heterocycles. The molecule has 0 fully saturated rings. The molecular weight excluding hydrogens is 394 g/mol. The lowest BCUT2D eigenvalue weighted by Crippen LogP contribution is -2.44. The summed E-state index contributed by atoms with van der Waals surface area (Å²) in [6.07, 6.45) is 1.02. The number of carbonyl (C=O) groups excluding carboxylic acids is 2. The van der Waals surface area contributed by atoms with Gasteiger partial charge in [0.25, 0.3) is 0 Å². The fraction of sp³-hybridized carbons (Fsp3) is 0.250. The summed E-state index contributed by atoms with van der Waals surface area (Å²) >= 11 is 1.62. The number of carbonyl (C=O) groups is 2. The van der Waals surface area contributed by atoms with Crippen molar-refractivity contribution in [2.45, 2.75) is 32.4 Å². The van der Waals surface area contributed by atoms with Gasteiger partial charge in [-0.1, -0.05) is 74.5 Å². The molecule has 1 aromatic heterocycles. The van der Waals surface area contributed by atoms with Crippen molar-refractivity contribution in [3.63, 3.8) is 0 Å². The van der Waals surface area contributed by atoms with Gasteiger partial charge in [0.2, 0.25) is 5.91 Å². The first-order valence-electron chi connectivity index (χ1n) is 9.97. The molecule has 0 saturated carbocycles. The number of rotatable bonds is 8. The van der Waals surface area contributed by atoms with Gasteiger partial charge >= 0.3 is 6.03 Å². The van der Waals surface area contributed by atoms with Crippen LogP contribution in [0.3, 0.4) is 0 Å². The third-order valence-corrected chi connectivity index (χ3v) is 5.70. The SMILES string of the molecule is CC(C)Cc1ccc([C@H](N[C@@H](C(=O)NC(N)=O)c2ccccc2)c2cccs2)cc1. The molecule has 0 aliphatic rings. The van der Waals surface area contributed by atoms with Crippen LogP contribution in [0.4, 0.5) is 4.79 Å². The number of thiophene rings is 1. The lowest BCUT2D eigenvalue weighted by atomic mass is 9.97. The van der Waals surface area contributed by atoms with Crippen molar-refractivity contribution in [1.82, 2.24) is 10.6 Å². The third kappa shape index (κ3) is 5.78. The highest BCUT2D eigenvalue weighted by molar-refractivity contribution is 7.10. The second kappa shape index (κ2) is 10.2. The van der Waals surface area contributed by atoms with E-state index in [4.69, 9.17) is 5.73 Å². The summed E-state index contributed by atoms with van der Waals surface area (Å²) in [5.41, 5.74) is 8.30. The van der Waals surface area contributed by atoms with E-state index in [1.54, 1.807) is 11.3 Å². The van der Waals surface area contributed by atoms with Crippen LogP contribution in [0, 0.1) is 5.92 Å². The number of urea groups is 1. The summed E-state index contributed by atoms with van der Waals surface area (Å²) in [7, 11) is 0. The van der Waals surface area contributed by atoms with E-state index in [0.717, 1.165) is 22.4 Å². The second-order valence-electron chi connectivity index (χ2n) is 7.65. The molecule has 3 rings (SSSR count). The molecule has 4 N–H and O–H groups in total. The Bertz CT molecular complexity index is 954. The van der Waals surface area contributed by atoms with E-state index in [1.165, 1.54) is 5.56 Å². The molecule has 3 amide bonds. The summed E-state index contributed by atoms with van der Waals surface area (Å²) in [4.78, 5) is 25.2. The summed E-state index contributed by atoms with van der Waals surface area (Å²) in [5, 5.41) is 7.67. The maximum Gasteiger partial charge on any atom is 0.318 e. The van der Waals surface area contributed by atoms with Crippen LogP contribution in [0.2, 0.25) is 0 Å². The minimum absolute atomic E-state index is 0.207. The predicted molar refractivity (Wildman–Crippen MR) is 121 cm³/mol. The van der Waals surface area contributed by atoms with Crippen LogP contribution in [0.15, 0.2) is 72.1 Å². The highest BCUT2D eigenvalue weighted by atomic mass is 32.1. The van der Waals surface area contributed by atoms with E-state index in [1.807, 2.05) is 47.8 Å². The van der Waals surface area contributed by atoms with Gasteiger partial charge in [0.05, 0.1) is 6.04 Å². The molecule has 0 unspecified atom stereocenters. The van der Waals surface area contributed by atoms with Gasteiger partial charge in [0, 0.05) is 4.88 Å². The molecule has 0 aliphatic carbocycles. The fourth-order valence-electron chi connectivity index (χ4n) is 3.44. The van der Waals surface area contributed by atoms with Crippen LogP contribution in [0.1, 0.15) is 47.5 Å². The molecule has 0 bridgehead atoms. The van der Waals surface area contributed by atoms with E-state index < -0.39 is 18.0 Å². The first-order chi connectivity index (χ1) is 14.4.